The minimum absolute atomic E-state index is 0.0508. The highest BCUT2D eigenvalue weighted by Crippen LogP contribution is 2.37. The third kappa shape index (κ3) is 6.22. The molecule has 4 nitrogen and oxygen atoms in total. The SMILES string of the molecule is CC(C)(C)c1ccc(OCCOc2ccc(/C=C3/SC(=S)N(C4CCCCC4)C3=O)cc2)cc1. The van der Waals surface area contributed by atoms with Gasteiger partial charge in [-0.1, -0.05) is 88.3 Å². The molecule has 0 spiro atoms. The van der Waals surface area contributed by atoms with Crippen LogP contribution in [0.3, 0.4) is 0 Å². The average molecular weight is 496 g/mol. The molecule has 1 saturated carbocycles. The Kier molecular flexibility index (Phi) is 7.99. The quantitative estimate of drug-likeness (QED) is 0.235. The highest BCUT2D eigenvalue weighted by atomic mass is 32.2. The van der Waals surface area contributed by atoms with Crippen LogP contribution in [0, 0.1) is 0 Å². The Labute approximate surface area is 212 Å². The second-order valence-electron chi connectivity index (χ2n) is 9.88. The minimum atomic E-state index is 0.0508. The molecule has 0 bridgehead atoms. The molecule has 1 aliphatic carbocycles. The summed E-state index contributed by atoms with van der Waals surface area (Å²) < 4.78 is 12.3. The number of amides is 1. The molecule has 1 saturated heterocycles. The van der Waals surface area contributed by atoms with Gasteiger partial charge in [0.2, 0.25) is 0 Å². The second-order valence-corrected chi connectivity index (χ2v) is 11.6. The molecule has 34 heavy (non-hydrogen) atoms. The fraction of sp³-hybridized carbons (Fsp3) is 0.429. The van der Waals surface area contributed by atoms with E-state index in [2.05, 4.69) is 32.9 Å². The van der Waals surface area contributed by atoms with Crippen molar-refractivity contribution < 1.29 is 14.3 Å². The van der Waals surface area contributed by atoms with E-state index in [-0.39, 0.29) is 17.4 Å². The molecule has 2 aromatic carbocycles. The first kappa shape index (κ1) is 24.8. The molecule has 6 heteroatoms. The van der Waals surface area contributed by atoms with Gasteiger partial charge >= 0.3 is 0 Å². The van der Waals surface area contributed by atoms with Crippen LogP contribution < -0.4 is 9.47 Å². The zero-order chi connectivity index (χ0) is 24.1. The lowest BCUT2D eigenvalue weighted by atomic mass is 9.87. The topological polar surface area (TPSA) is 38.8 Å². The van der Waals surface area contributed by atoms with Gasteiger partial charge in [-0.2, -0.15) is 0 Å². The van der Waals surface area contributed by atoms with Crippen molar-refractivity contribution in [2.75, 3.05) is 13.2 Å². The maximum atomic E-state index is 13.0. The fourth-order valence-corrected chi connectivity index (χ4v) is 5.72. The summed E-state index contributed by atoms with van der Waals surface area (Å²) in [6.07, 6.45) is 7.64. The Hall–Kier alpha value is -2.31. The highest BCUT2D eigenvalue weighted by molar-refractivity contribution is 8.26. The van der Waals surface area contributed by atoms with E-state index in [1.807, 2.05) is 47.4 Å². The summed E-state index contributed by atoms with van der Waals surface area (Å²) in [4.78, 5) is 15.5. The number of rotatable bonds is 7. The van der Waals surface area contributed by atoms with Gasteiger partial charge in [0, 0.05) is 6.04 Å². The summed E-state index contributed by atoms with van der Waals surface area (Å²) in [7, 11) is 0. The van der Waals surface area contributed by atoms with Gasteiger partial charge in [-0.25, -0.2) is 0 Å². The molecule has 1 amide bonds. The highest BCUT2D eigenvalue weighted by Gasteiger charge is 2.37. The van der Waals surface area contributed by atoms with Gasteiger partial charge in [-0.15, -0.1) is 0 Å². The van der Waals surface area contributed by atoms with E-state index in [4.69, 9.17) is 21.7 Å². The predicted octanol–water partition coefficient (Wildman–Crippen LogP) is 6.98. The lowest BCUT2D eigenvalue weighted by Gasteiger charge is -2.29. The van der Waals surface area contributed by atoms with Crippen LogP contribution in [0.15, 0.2) is 53.4 Å². The van der Waals surface area contributed by atoms with Crippen LogP contribution in [0.4, 0.5) is 0 Å². The summed E-state index contributed by atoms with van der Waals surface area (Å²) in [6, 6.07) is 16.3. The number of nitrogens with zero attached hydrogens (tertiary/aromatic N) is 1. The fourth-order valence-electron chi connectivity index (χ4n) is 4.32. The second kappa shape index (κ2) is 11.0. The molecular weight excluding hydrogens is 462 g/mol. The number of hydrogen-bond acceptors (Lipinski definition) is 5. The Bertz CT molecular complexity index is 1030. The summed E-state index contributed by atoms with van der Waals surface area (Å²) in [5.41, 5.74) is 2.38. The van der Waals surface area contributed by atoms with Crippen LogP contribution >= 0.6 is 24.0 Å². The Balaban J connectivity index is 1.26. The first-order valence-corrected chi connectivity index (χ1v) is 13.3. The molecule has 0 aromatic heterocycles. The molecule has 2 aliphatic rings. The van der Waals surface area contributed by atoms with E-state index >= 15 is 0 Å². The lowest BCUT2D eigenvalue weighted by molar-refractivity contribution is -0.124. The number of thiocarbonyl (C=S) groups is 1. The summed E-state index contributed by atoms with van der Waals surface area (Å²) in [5, 5.41) is 0. The minimum Gasteiger partial charge on any atom is -0.490 e. The Morgan fingerprint density at radius 1 is 0.941 bits per heavy atom. The van der Waals surface area contributed by atoms with E-state index < -0.39 is 0 Å². The van der Waals surface area contributed by atoms with Crippen LogP contribution in [-0.4, -0.2) is 34.4 Å². The monoisotopic (exact) mass is 495 g/mol. The largest absolute Gasteiger partial charge is 0.490 e. The van der Waals surface area contributed by atoms with Crippen molar-refractivity contribution in [2.45, 2.75) is 64.3 Å². The van der Waals surface area contributed by atoms with Crippen LogP contribution in [0.2, 0.25) is 0 Å². The first-order valence-electron chi connectivity index (χ1n) is 12.0. The molecule has 0 unspecified atom stereocenters. The van der Waals surface area contributed by atoms with Crippen molar-refractivity contribution in [3.05, 3.63) is 64.6 Å². The van der Waals surface area contributed by atoms with Crippen LogP contribution in [-0.2, 0) is 10.2 Å². The average Bonchev–Trinajstić information content (AvgIpc) is 3.10. The van der Waals surface area contributed by atoms with Gasteiger partial charge in [-0.3, -0.25) is 9.69 Å². The zero-order valence-electron chi connectivity index (χ0n) is 20.2. The van der Waals surface area contributed by atoms with Crippen molar-refractivity contribution in [1.29, 1.82) is 0 Å². The third-order valence-electron chi connectivity index (χ3n) is 6.28. The van der Waals surface area contributed by atoms with E-state index in [0.717, 1.165) is 29.9 Å². The van der Waals surface area contributed by atoms with Gasteiger partial charge in [-0.05, 0) is 59.7 Å². The van der Waals surface area contributed by atoms with E-state index in [9.17, 15) is 4.79 Å². The van der Waals surface area contributed by atoms with Gasteiger partial charge < -0.3 is 9.47 Å². The van der Waals surface area contributed by atoms with Crippen molar-refractivity contribution in [1.82, 2.24) is 4.90 Å². The van der Waals surface area contributed by atoms with Crippen molar-refractivity contribution in [3.63, 3.8) is 0 Å². The van der Waals surface area contributed by atoms with Crippen molar-refractivity contribution in [3.8, 4) is 11.5 Å². The third-order valence-corrected chi connectivity index (χ3v) is 7.61. The van der Waals surface area contributed by atoms with Gasteiger partial charge in [0.15, 0.2) is 0 Å². The normalized spacial score (nSPS) is 18.6. The Morgan fingerprint density at radius 2 is 1.50 bits per heavy atom. The molecule has 180 valence electrons. The van der Waals surface area contributed by atoms with Gasteiger partial charge in [0.25, 0.3) is 5.91 Å². The predicted molar refractivity (Wildman–Crippen MR) is 144 cm³/mol. The molecule has 2 aromatic rings. The first-order chi connectivity index (χ1) is 16.3. The maximum Gasteiger partial charge on any atom is 0.266 e. The number of thioether (sulfide) groups is 1. The number of carbonyl (C=O) groups excluding carboxylic acids is 1. The molecule has 1 heterocycles. The van der Waals surface area contributed by atoms with Gasteiger partial charge in [0.1, 0.15) is 29.0 Å². The van der Waals surface area contributed by atoms with Crippen LogP contribution in [0.25, 0.3) is 6.08 Å². The number of hydrogen-bond donors (Lipinski definition) is 0. The lowest BCUT2D eigenvalue weighted by Crippen LogP contribution is -2.39. The molecule has 0 N–H and O–H groups in total. The van der Waals surface area contributed by atoms with Crippen LogP contribution in [0.1, 0.15) is 64.0 Å². The van der Waals surface area contributed by atoms with Crippen molar-refractivity contribution in [2.24, 2.45) is 0 Å². The molecular formula is C28H33NO3S2. The Morgan fingerprint density at radius 3 is 2.06 bits per heavy atom. The van der Waals surface area contributed by atoms with E-state index in [1.54, 1.807) is 0 Å². The maximum absolute atomic E-state index is 13.0. The van der Waals surface area contributed by atoms with Gasteiger partial charge in [0.05, 0.1) is 4.91 Å². The molecule has 0 atom stereocenters. The summed E-state index contributed by atoms with van der Waals surface area (Å²) >= 11 is 6.94. The smallest absolute Gasteiger partial charge is 0.266 e. The molecule has 2 fully saturated rings. The summed E-state index contributed by atoms with van der Waals surface area (Å²) in [5.74, 6) is 1.67. The van der Waals surface area contributed by atoms with E-state index in [0.29, 0.717) is 22.4 Å². The zero-order valence-corrected chi connectivity index (χ0v) is 21.8. The number of ether oxygens (including phenoxy) is 2. The van der Waals surface area contributed by atoms with Crippen molar-refractivity contribution >= 4 is 40.3 Å². The van der Waals surface area contributed by atoms with Crippen LogP contribution in [0.5, 0.6) is 11.5 Å². The summed E-state index contributed by atoms with van der Waals surface area (Å²) in [6.45, 7) is 7.53. The van der Waals surface area contributed by atoms with E-state index in [1.165, 1.54) is 36.6 Å². The molecule has 0 radical (unpaired) electrons. The number of carbonyl (C=O) groups is 1. The molecule has 1 aliphatic heterocycles. The molecule has 4 rings (SSSR count). The number of benzene rings is 2. The standard InChI is InChI=1S/C28H33NO3S2/c1-28(2,3)21-11-15-24(16-12-21)32-18-17-31-23-13-9-20(10-14-23)19-25-26(30)29(27(33)34-25)22-7-5-4-6-8-22/h9-16,19,22H,4-8,17-18H2,1-3H3/b25-19+.